The summed E-state index contributed by atoms with van der Waals surface area (Å²) >= 11 is 0. The summed E-state index contributed by atoms with van der Waals surface area (Å²) in [5, 5.41) is 15.6. The van der Waals surface area contributed by atoms with Crippen LogP contribution in [0, 0.1) is 20.8 Å². The molecule has 128 valence electrons. The maximum absolute atomic E-state index is 7.81. The van der Waals surface area contributed by atoms with Crippen LogP contribution in [0.15, 0.2) is 18.2 Å². The molecule has 0 fully saturated rings. The van der Waals surface area contributed by atoms with Crippen molar-refractivity contribution in [2.45, 2.75) is 39.2 Å². The molecule has 1 unspecified atom stereocenters. The van der Waals surface area contributed by atoms with Gasteiger partial charge >= 0.3 is 0 Å². The van der Waals surface area contributed by atoms with Gasteiger partial charge in [-0.25, -0.2) is 0 Å². The summed E-state index contributed by atoms with van der Waals surface area (Å²) in [7, 11) is 4.10. The number of aryl methyl sites for hydroxylation is 1. The first kappa shape index (κ1) is 23.2. The lowest BCUT2D eigenvalue weighted by Gasteiger charge is -2.17. The number of rotatable bonds is 5. The van der Waals surface area contributed by atoms with Gasteiger partial charge in [-0.05, 0) is 49.4 Å². The second-order valence-corrected chi connectivity index (χ2v) is 5.10. The maximum Gasteiger partial charge on any atom is 0.0431 e. The Hall–Kier alpha value is -1.10. The highest BCUT2D eigenvalue weighted by atomic mass is 16.3. The van der Waals surface area contributed by atoms with Crippen LogP contribution < -0.4 is 10.6 Å². The number of hydrogen-bond donors (Lipinski definition) is 3. The van der Waals surface area contributed by atoms with Crippen LogP contribution in [0.3, 0.4) is 0 Å². The van der Waals surface area contributed by atoms with E-state index in [0.29, 0.717) is 12.8 Å². The first-order valence-electron chi connectivity index (χ1n) is 7.73. The summed E-state index contributed by atoms with van der Waals surface area (Å²) in [5.41, 5.74) is 9.78. The maximum atomic E-state index is 7.81. The Balaban J connectivity index is 0. The highest BCUT2D eigenvalue weighted by Gasteiger charge is 2.07. The van der Waals surface area contributed by atoms with Crippen molar-refractivity contribution in [3.63, 3.8) is 0 Å². The van der Waals surface area contributed by atoms with Gasteiger partial charge in [0.05, 0.1) is 0 Å². The van der Waals surface area contributed by atoms with Gasteiger partial charge in [0.2, 0.25) is 0 Å². The lowest BCUT2D eigenvalue weighted by Crippen LogP contribution is -2.12. The molecule has 0 aliphatic rings. The average Bonchev–Trinajstić information content (AvgIpc) is 2.54. The van der Waals surface area contributed by atoms with E-state index >= 15 is 0 Å². The standard InChI is InChI=1S/C12H20N2.2C3H7O/c1-5-12(13)11-7-6-10(14(3)4)8-9(11)2;2*1-2-3-4/h6-8,12H,5,13H2,1-4H3;2*4H,1-3H2. The molecule has 1 atom stereocenters. The quantitative estimate of drug-likeness (QED) is 0.782. The van der Waals surface area contributed by atoms with Gasteiger partial charge in [0, 0.05) is 39.0 Å². The van der Waals surface area contributed by atoms with E-state index in [1.165, 1.54) is 16.8 Å². The van der Waals surface area contributed by atoms with E-state index in [9.17, 15) is 0 Å². The SMILES string of the molecule is CCC(N)c1ccc(N(C)C)cc1C.[CH2]CCO.[CH2]CCO. The summed E-state index contributed by atoms with van der Waals surface area (Å²) in [6, 6.07) is 6.62. The van der Waals surface area contributed by atoms with E-state index in [2.05, 4.69) is 50.8 Å². The van der Waals surface area contributed by atoms with E-state index in [4.69, 9.17) is 15.9 Å². The van der Waals surface area contributed by atoms with Gasteiger partial charge in [0.25, 0.3) is 0 Å². The van der Waals surface area contributed by atoms with Crippen LogP contribution in [-0.4, -0.2) is 37.5 Å². The highest BCUT2D eigenvalue weighted by Crippen LogP contribution is 2.22. The molecule has 4 nitrogen and oxygen atoms in total. The van der Waals surface area contributed by atoms with Crippen LogP contribution in [0.25, 0.3) is 0 Å². The molecule has 1 aromatic carbocycles. The molecule has 0 bridgehead atoms. The number of nitrogens with zero attached hydrogens (tertiary/aromatic N) is 1. The van der Waals surface area contributed by atoms with Crippen LogP contribution >= 0.6 is 0 Å². The molecule has 0 amide bonds. The monoisotopic (exact) mass is 310 g/mol. The molecule has 0 aliphatic heterocycles. The molecule has 1 aromatic rings. The minimum atomic E-state index is 0.172. The zero-order valence-corrected chi connectivity index (χ0v) is 14.7. The molecular weight excluding hydrogens is 276 g/mol. The zero-order valence-electron chi connectivity index (χ0n) is 14.7. The van der Waals surface area contributed by atoms with Crippen LogP contribution in [0.4, 0.5) is 5.69 Å². The van der Waals surface area contributed by atoms with E-state index < -0.39 is 0 Å². The molecule has 2 radical (unpaired) electrons. The van der Waals surface area contributed by atoms with Gasteiger partial charge in [0.15, 0.2) is 0 Å². The van der Waals surface area contributed by atoms with Crippen molar-refractivity contribution in [3.05, 3.63) is 43.2 Å². The smallest absolute Gasteiger partial charge is 0.0431 e. The van der Waals surface area contributed by atoms with Gasteiger partial charge in [0.1, 0.15) is 0 Å². The van der Waals surface area contributed by atoms with Gasteiger partial charge in [-0.3, -0.25) is 0 Å². The lowest BCUT2D eigenvalue weighted by molar-refractivity contribution is 0.301. The fourth-order valence-electron chi connectivity index (χ4n) is 1.57. The third-order valence-corrected chi connectivity index (χ3v) is 2.93. The molecular formula is C18H34N2O2. The van der Waals surface area contributed by atoms with Crippen molar-refractivity contribution in [2.75, 3.05) is 32.2 Å². The summed E-state index contributed by atoms with van der Waals surface area (Å²) in [5.74, 6) is 0. The number of nitrogens with two attached hydrogens (primary N) is 1. The summed E-state index contributed by atoms with van der Waals surface area (Å²) in [4.78, 5) is 2.11. The van der Waals surface area contributed by atoms with E-state index in [0.717, 1.165) is 6.42 Å². The van der Waals surface area contributed by atoms with Crippen molar-refractivity contribution >= 4 is 5.69 Å². The summed E-state index contributed by atoms with van der Waals surface area (Å²) in [6.07, 6.45) is 2.24. The summed E-state index contributed by atoms with van der Waals surface area (Å²) < 4.78 is 0. The normalized spacial score (nSPS) is 10.8. The number of aliphatic hydroxyl groups is 2. The summed E-state index contributed by atoms with van der Waals surface area (Å²) in [6.45, 7) is 11.4. The first-order chi connectivity index (χ1) is 10.4. The molecule has 0 saturated heterocycles. The van der Waals surface area contributed by atoms with Crippen LogP contribution in [0.1, 0.15) is 43.4 Å². The zero-order chi connectivity index (χ0) is 17.5. The average molecular weight is 310 g/mol. The molecule has 0 heterocycles. The van der Waals surface area contributed by atoms with E-state index in [1.807, 2.05) is 14.1 Å². The molecule has 1 rings (SSSR count). The van der Waals surface area contributed by atoms with Crippen molar-refractivity contribution in [1.29, 1.82) is 0 Å². The van der Waals surface area contributed by atoms with Gasteiger partial charge in [-0.1, -0.05) is 26.8 Å². The minimum absolute atomic E-state index is 0.172. The number of hydrogen-bond acceptors (Lipinski definition) is 4. The topological polar surface area (TPSA) is 69.7 Å². The van der Waals surface area contributed by atoms with E-state index in [-0.39, 0.29) is 19.3 Å². The van der Waals surface area contributed by atoms with E-state index in [1.54, 1.807) is 0 Å². The Morgan fingerprint density at radius 1 is 1.14 bits per heavy atom. The molecule has 0 aromatic heterocycles. The number of anilines is 1. The fourth-order valence-corrected chi connectivity index (χ4v) is 1.57. The minimum Gasteiger partial charge on any atom is -0.396 e. The molecule has 22 heavy (non-hydrogen) atoms. The van der Waals surface area contributed by atoms with Gasteiger partial charge in [-0.15, -0.1) is 0 Å². The van der Waals surface area contributed by atoms with Gasteiger partial charge < -0.3 is 20.8 Å². The molecule has 0 spiro atoms. The number of benzene rings is 1. The Kier molecular flexibility index (Phi) is 15.6. The van der Waals surface area contributed by atoms with Crippen molar-refractivity contribution < 1.29 is 10.2 Å². The van der Waals surface area contributed by atoms with Crippen LogP contribution in [0.5, 0.6) is 0 Å². The lowest BCUT2D eigenvalue weighted by atomic mass is 9.99. The highest BCUT2D eigenvalue weighted by molar-refractivity contribution is 5.50. The number of aliphatic hydroxyl groups excluding tert-OH is 2. The van der Waals surface area contributed by atoms with Crippen molar-refractivity contribution in [2.24, 2.45) is 5.73 Å². The van der Waals surface area contributed by atoms with Crippen LogP contribution in [0.2, 0.25) is 0 Å². The predicted octanol–water partition coefficient (Wildman–Crippen LogP) is 2.88. The largest absolute Gasteiger partial charge is 0.396 e. The Morgan fingerprint density at radius 3 is 1.86 bits per heavy atom. The molecule has 0 aliphatic carbocycles. The third kappa shape index (κ3) is 10.6. The van der Waals surface area contributed by atoms with Crippen LogP contribution in [-0.2, 0) is 0 Å². The predicted molar refractivity (Wildman–Crippen MR) is 96.8 cm³/mol. The first-order valence-corrected chi connectivity index (χ1v) is 7.73. The van der Waals surface area contributed by atoms with Crippen molar-refractivity contribution in [1.82, 2.24) is 0 Å². The van der Waals surface area contributed by atoms with Crippen molar-refractivity contribution in [3.8, 4) is 0 Å². The Bertz CT molecular complexity index is 360. The molecule has 0 saturated carbocycles. The second-order valence-electron chi connectivity index (χ2n) is 5.10. The Morgan fingerprint density at radius 2 is 1.59 bits per heavy atom. The second kappa shape index (κ2) is 14.8. The molecule has 4 heteroatoms. The van der Waals surface area contributed by atoms with Gasteiger partial charge in [-0.2, -0.15) is 0 Å². The fraction of sp³-hybridized carbons (Fsp3) is 0.556. The third-order valence-electron chi connectivity index (χ3n) is 2.93. The molecule has 4 N–H and O–H groups in total. The Labute approximate surface area is 137 Å².